The van der Waals surface area contributed by atoms with Gasteiger partial charge in [-0.15, -0.1) is 0 Å². The minimum atomic E-state index is -0.707. The second kappa shape index (κ2) is 11.1. The third kappa shape index (κ3) is 7.14. The van der Waals surface area contributed by atoms with Gasteiger partial charge in [0.15, 0.2) is 0 Å². The zero-order valence-corrected chi connectivity index (χ0v) is 15.7. The summed E-state index contributed by atoms with van der Waals surface area (Å²) in [7, 11) is 3.10. The fourth-order valence-electron chi connectivity index (χ4n) is 2.31. The fraction of sp³-hybridized carbons (Fsp3) is 0.474. The molecular formula is C19H27NO6. The van der Waals surface area contributed by atoms with E-state index in [9.17, 15) is 14.7 Å². The van der Waals surface area contributed by atoms with Crippen LogP contribution in [0.1, 0.15) is 25.8 Å². The molecule has 1 atom stereocenters. The van der Waals surface area contributed by atoms with Crippen molar-refractivity contribution >= 4 is 18.0 Å². The largest absolute Gasteiger partial charge is 0.497 e. The van der Waals surface area contributed by atoms with E-state index in [1.165, 1.54) is 11.0 Å². The number of nitrogens with zero attached hydrogens (tertiary/aromatic N) is 1. The number of rotatable bonds is 10. The van der Waals surface area contributed by atoms with Crippen LogP contribution in [-0.2, 0) is 14.3 Å². The summed E-state index contributed by atoms with van der Waals surface area (Å²) in [6.07, 6.45) is 2.36. The molecule has 0 saturated heterocycles. The van der Waals surface area contributed by atoms with E-state index >= 15 is 0 Å². The molecule has 0 saturated carbocycles. The van der Waals surface area contributed by atoms with Crippen LogP contribution in [0.2, 0.25) is 0 Å². The van der Waals surface area contributed by atoms with Gasteiger partial charge < -0.3 is 24.2 Å². The van der Waals surface area contributed by atoms with Crippen LogP contribution in [-0.4, -0.2) is 61.9 Å². The monoisotopic (exact) mass is 365 g/mol. The fourth-order valence-corrected chi connectivity index (χ4v) is 2.31. The molecule has 144 valence electrons. The summed E-state index contributed by atoms with van der Waals surface area (Å²) in [5, 5.41) is 9.61. The molecule has 0 aromatic heterocycles. The summed E-state index contributed by atoms with van der Waals surface area (Å²) in [5.41, 5.74) is 0.683. The maximum atomic E-state index is 12.5. The first kappa shape index (κ1) is 21.5. The number of amides is 1. The molecule has 0 radical (unpaired) electrons. The molecule has 0 bridgehead atoms. The van der Waals surface area contributed by atoms with Crippen LogP contribution in [0.25, 0.3) is 6.08 Å². The summed E-state index contributed by atoms with van der Waals surface area (Å²) < 4.78 is 15.3. The number of aliphatic hydroxyl groups excluding tert-OH is 1. The van der Waals surface area contributed by atoms with Gasteiger partial charge in [0.05, 0.1) is 33.4 Å². The lowest BCUT2D eigenvalue weighted by atomic mass is 10.1. The third-order valence-electron chi connectivity index (χ3n) is 3.53. The highest BCUT2D eigenvalue weighted by atomic mass is 16.5. The Balaban J connectivity index is 2.87. The van der Waals surface area contributed by atoms with Gasteiger partial charge in [-0.1, -0.05) is 0 Å². The number of ether oxygens (including phenoxy) is 3. The molecule has 1 rings (SSSR count). The number of carbonyl (C=O) groups is 2. The van der Waals surface area contributed by atoms with Gasteiger partial charge in [0, 0.05) is 24.7 Å². The van der Waals surface area contributed by atoms with Gasteiger partial charge in [-0.25, -0.2) is 0 Å². The molecule has 0 spiro atoms. The van der Waals surface area contributed by atoms with E-state index in [1.54, 1.807) is 52.3 Å². The van der Waals surface area contributed by atoms with E-state index in [0.29, 0.717) is 23.7 Å². The third-order valence-corrected chi connectivity index (χ3v) is 3.53. The van der Waals surface area contributed by atoms with Gasteiger partial charge in [-0.3, -0.25) is 9.59 Å². The smallest absolute Gasteiger partial charge is 0.307 e. The van der Waals surface area contributed by atoms with E-state index in [1.807, 2.05) is 0 Å². The first-order valence-corrected chi connectivity index (χ1v) is 8.44. The SMILES string of the molecule is CCOC(=O)CCN(CC(C)O)C(=O)/C=C/c1cc(OC)ccc1OC. The number of aliphatic hydroxyl groups is 1. The topological polar surface area (TPSA) is 85.3 Å². The lowest BCUT2D eigenvalue weighted by Crippen LogP contribution is -2.37. The average molecular weight is 365 g/mol. The quantitative estimate of drug-likeness (QED) is 0.503. The molecular weight excluding hydrogens is 338 g/mol. The van der Waals surface area contributed by atoms with Gasteiger partial charge in [0.25, 0.3) is 0 Å². The van der Waals surface area contributed by atoms with Gasteiger partial charge in [0.1, 0.15) is 11.5 Å². The second-order valence-corrected chi connectivity index (χ2v) is 5.63. The highest BCUT2D eigenvalue weighted by Gasteiger charge is 2.15. The molecule has 1 N–H and O–H groups in total. The number of benzene rings is 1. The Kier molecular flexibility index (Phi) is 9.22. The van der Waals surface area contributed by atoms with Crippen LogP contribution in [0.5, 0.6) is 11.5 Å². The number of carbonyl (C=O) groups excluding carboxylic acids is 2. The number of hydrogen-bond acceptors (Lipinski definition) is 6. The lowest BCUT2D eigenvalue weighted by Gasteiger charge is -2.22. The average Bonchev–Trinajstić information content (AvgIpc) is 2.62. The van der Waals surface area contributed by atoms with Crippen molar-refractivity contribution < 1.29 is 28.9 Å². The minimum absolute atomic E-state index is 0.0720. The van der Waals surface area contributed by atoms with Crippen LogP contribution >= 0.6 is 0 Å². The highest BCUT2D eigenvalue weighted by Crippen LogP contribution is 2.25. The van der Waals surface area contributed by atoms with Crippen LogP contribution in [0.15, 0.2) is 24.3 Å². The molecule has 1 aromatic carbocycles. The Hall–Kier alpha value is -2.54. The highest BCUT2D eigenvalue weighted by molar-refractivity contribution is 5.92. The molecule has 0 aliphatic heterocycles. The van der Waals surface area contributed by atoms with Crippen molar-refractivity contribution in [2.75, 3.05) is 33.9 Å². The summed E-state index contributed by atoms with van der Waals surface area (Å²) in [6, 6.07) is 5.26. The number of esters is 1. The van der Waals surface area contributed by atoms with E-state index in [0.717, 1.165) is 0 Å². The van der Waals surface area contributed by atoms with Gasteiger partial charge >= 0.3 is 5.97 Å². The lowest BCUT2D eigenvalue weighted by molar-refractivity contribution is -0.144. The van der Waals surface area contributed by atoms with Crippen molar-refractivity contribution in [3.8, 4) is 11.5 Å². The summed E-state index contributed by atoms with van der Waals surface area (Å²) in [4.78, 5) is 25.4. The molecule has 1 amide bonds. The molecule has 0 aliphatic rings. The summed E-state index contributed by atoms with van der Waals surface area (Å²) in [5.74, 6) is 0.541. The van der Waals surface area contributed by atoms with Crippen LogP contribution in [0, 0.1) is 0 Å². The Bertz CT molecular complexity index is 626. The molecule has 0 aliphatic carbocycles. The molecule has 0 heterocycles. The maximum Gasteiger partial charge on any atom is 0.307 e. The van der Waals surface area contributed by atoms with E-state index in [-0.39, 0.29) is 31.4 Å². The Morgan fingerprint density at radius 2 is 2.00 bits per heavy atom. The van der Waals surface area contributed by atoms with E-state index in [4.69, 9.17) is 14.2 Å². The van der Waals surface area contributed by atoms with Crippen LogP contribution < -0.4 is 9.47 Å². The van der Waals surface area contributed by atoms with Crippen molar-refractivity contribution in [1.82, 2.24) is 4.90 Å². The van der Waals surface area contributed by atoms with Crippen molar-refractivity contribution in [3.63, 3.8) is 0 Å². The Morgan fingerprint density at radius 3 is 2.58 bits per heavy atom. The predicted octanol–water partition coefficient (Wildman–Crippen LogP) is 1.88. The molecule has 1 aromatic rings. The van der Waals surface area contributed by atoms with Crippen LogP contribution in [0.4, 0.5) is 0 Å². The minimum Gasteiger partial charge on any atom is -0.497 e. The van der Waals surface area contributed by atoms with E-state index < -0.39 is 6.10 Å². The van der Waals surface area contributed by atoms with Gasteiger partial charge in [0.2, 0.25) is 5.91 Å². The summed E-state index contributed by atoms with van der Waals surface area (Å²) in [6.45, 7) is 3.89. The van der Waals surface area contributed by atoms with Crippen molar-refractivity contribution in [2.24, 2.45) is 0 Å². The molecule has 0 fully saturated rings. The molecule has 7 nitrogen and oxygen atoms in total. The normalized spacial score (nSPS) is 11.9. The zero-order valence-electron chi connectivity index (χ0n) is 15.7. The maximum absolute atomic E-state index is 12.5. The van der Waals surface area contributed by atoms with Crippen molar-refractivity contribution in [1.29, 1.82) is 0 Å². The number of hydrogen-bond donors (Lipinski definition) is 1. The second-order valence-electron chi connectivity index (χ2n) is 5.63. The molecule has 26 heavy (non-hydrogen) atoms. The molecule has 1 unspecified atom stereocenters. The number of methoxy groups -OCH3 is 2. The van der Waals surface area contributed by atoms with E-state index in [2.05, 4.69) is 0 Å². The van der Waals surface area contributed by atoms with Gasteiger partial charge in [-0.2, -0.15) is 0 Å². The predicted molar refractivity (Wildman–Crippen MR) is 98.1 cm³/mol. The zero-order chi connectivity index (χ0) is 19.5. The molecule has 7 heteroatoms. The van der Waals surface area contributed by atoms with Crippen molar-refractivity contribution in [3.05, 3.63) is 29.8 Å². The standard InChI is InChI=1S/C19H27NO6/c1-5-26-19(23)10-11-20(13-14(2)21)18(22)9-6-15-12-16(24-3)7-8-17(15)25-4/h6-9,12,14,21H,5,10-11,13H2,1-4H3/b9-6+. The van der Waals surface area contributed by atoms with Crippen molar-refractivity contribution in [2.45, 2.75) is 26.4 Å². The first-order valence-electron chi connectivity index (χ1n) is 8.44. The summed E-state index contributed by atoms with van der Waals surface area (Å²) >= 11 is 0. The Morgan fingerprint density at radius 1 is 1.27 bits per heavy atom. The van der Waals surface area contributed by atoms with Gasteiger partial charge in [-0.05, 0) is 38.1 Å². The van der Waals surface area contributed by atoms with Crippen LogP contribution in [0.3, 0.4) is 0 Å². The first-order chi connectivity index (χ1) is 12.4. The Labute approximate surface area is 154 Å².